The third-order valence-corrected chi connectivity index (χ3v) is 8.03. The van der Waals surface area contributed by atoms with E-state index in [0.717, 1.165) is 11.0 Å². The average Bonchev–Trinajstić information content (AvgIpc) is 3.40. The highest BCUT2D eigenvalue weighted by molar-refractivity contribution is 7.17. The zero-order chi connectivity index (χ0) is 30.6. The van der Waals surface area contributed by atoms with E-state index in [9.17, 15) is 45.4 Å². The molecule has 1 aliphatic rings. The normalized spacial score (nSPS) is 18.8. The van der Waals surface area contributed by atoms with Crippen LogP contribution in [0.2, 0.25) is 10.0 Å². The zero-order valence-electron chi connectivity index (χ0n) is 21.0. The lowest BCUT2D eigenvalue weighted by Gasteiger charge is -2.34. The second-order valence-corrected chi connectivity index (χ2v) is 11.9. The Kier molecular flexibility index (Phi) is 8.54. The molecule has 4 N–H and O–H groups in total. The number of nitrogens with one attached hydrogen (secondary N) is 1. The van der Waals surface area contributed by atoms with Crippen molar-refractivity contribution in [2.75, 3.05) is 19.6 Å². The molecule has 1 aromatic heterocycles. The Morgan fingerprint density at radius 1 is 1.15 bits per heavy atom. The fourth-order valence-electron chi connectivity index (χ4n) is 3.86. The number of amides is 2. The number of rotatable bonds is 6. The van der Waals surface area contributed by atoms with E-state index in [1.54, 1.807) is 0 Å². The first-order chi connectivity index (χ1) is 18.0. The number of likely N-dealkylation sites (tertiary alicyclic amines) is 1. The van der Waals surface area contributed by atoms with Gasteiger partial charge in [0.2, 0.25) is 5.54 Å². The number of thiazole rings is 1. The Bertz CT molecular complexity index is 1310. The van der Waals surface area contributed by atoms with Crippen LogP contribution in [0.25, 0.3) is 10.4 Å². The van der Waals surface area contributed by atoms with Gasteiger partial charge in [0, 0.05) is 30.6 Å². The minimum absolute atomic E-state index is 0.00805. The highest BCUT2D eigenvalue weighted by Crippen LogP contribution is 2.52. The Balaban J connectivity index is 2.18. The lowest BCUT2D eigenvalue weighted by molar-refractivity contribution is -0.301. The molecule has 0 aliphatic carbocycles. The quantitative estimate of drug-likeness (QED) is 0.364. The third kappa shape index (κ3) is 6.17. The van der Waals surface area contributed by atoms with Crippen molar-refractivity contribution in [3.8, 4) is 10.4 Å². The third-order valence-electron chi connectivity index (χ3n) is 6.06. The van der Waals surface area contributed by atoms with E-state index in [1.165, 1.54) is 20.8 Å². The second kappa shape index (κ2) is 10.6. The lowest BCUT2D eigenvalue weighted by Crippen LogP contribution is -2.60. The summed E-state index contributed by atoms with van der Waals surface area (Å²) < 4.78 is 95.9. The number of halogens is 9. The van der Waals surface area contributed by atoms with E-state index in [0.29, 0.717) is 17.4 Å². The topological polar surface area (TPSA) is 109 Å². The molecule has 2 heterocycles. The van der Waals surface area contributed by atoms with Gasteiger partial charge in [-0.2, -0.15) is 26.3 Å². The van der Waals surface area contributed by atoms with Gasteiger partial charge in [0.1, 0.15) is 11.4 Å². The molecule has 0 saturated carbocycles. The van der Waals surface area contributed by atoms with Crippen LogP contribution in [0.1, 0.15) is 53.0 Å². The molecule has 0 bridgehead atoms. The van der Waals surface area contributed by atoms with Gasteiger partial charge in [-0.05, 0) is 20.8 Å². The Morgan fingerprint density at radius 3 is 2.20 bits per heavy atom. The Labute approximate surface area is 237 Å². The van der Waals surface area contributed by atoms with Crippen LogP contribution in [0.15, 0.2) is 12.1 Å². The number of carbonyl (C=O) groups excluding carboxylic acids is 2. The van der Waals surface area contributed by atoms with Crippen LogP contribution in [-0.2, 0) is 5.54 Å². The summed E-state index contributed by atoms with van der Waals surface area (Å²) in [5, 5.41) is 9.91. The number of alkyl halides is 7. The number of aromatic nitrogens is 1. The number of hydrogen-bond acceptors (Lipinski definition) is 6. The van der Waals surface area contributed by atoms with Gasteiger partial charge in [-0.1, -0.05) is 35.3 Å². The first-order valence-corrected chi connectivity index (χ1v) is 13.0. The molecule has 40 heavy (non-hydrogen) atoms. The Morgan fingerprint density at radius 2 is 1.73 bits per heavy atom. The van der Waals surface area contributed by atoms with E-state index in [2.05, 4.69) is 10.3 Å². The standard InChI is InChI=1S/C23H23Cl2F7N4O3S/c1-19(2,39)8-34-16(37)17-35-14(18(38)36-7-6-20(3,26)9-36)15(40-17)10-4-5-11(13(25)12(10)24)21(33,22(27,28)29)23(30,31)32/h4-5,39H,6-9,33H2,1-3H3,(H,34,37). The van der Waals surface area contributed by atoms with Crippen molar-refractivity contribution in [2.24, 2.45) is 5.73 Å². The molecule has 1 unspecified atom stereocenters. The fourth-order valence-corrected chi connectivity index (χ4v) is 5.49. The molecule has 17 heteroatoms. The molecule has 1 fully saturated rings. The highest BCUT2D eigenvalue weighted by Gasteiger charge is 2.70. The molecule has 1 aliphatic heterocycles. The van der Waals surface area contributed by atoms with E-state index < -0.39 is 62.3 Å². The van der Waals surface area contributed by atoms with Crippen molar-refractivity contribution >= 4 is 46.4 Å². The smallest absolute Gasteiger partial charge is 0.389 e. The number of aliphatic hydroxyl groups is 1. The SMILES string of the molecule is CC(C)(O)CNC(=O)c1nc(C(=O)N2CCC(C)(F)C2)c(-c2ccc(C(N)(C(F)(F)F)C(F)(F)F)c(Cl)c2Cl)s1. The molecule has 2 amide bonds. The number of nitrogens with two attached hydrogens (primary N) is 1. The first kappa shape index (κ1) is 32.3. The monoisotopic (exact) mass is 638 g/mol. The van der Waals surface area contributed by atoms with Crippen molar-refractivity contribution in [3.63, 3.8) is 0 Å². The van der Waals surface area contributed by atoms with Crippen LogP contribution in [-0.4, -0.2) is 70.1 Å². The maximum atomic E-state index is 14.4. The number of carbonyl (C=O) groups is 2. The van der Waals surface area contributed by atoms with Gasteiger partial charge in [-0.25, -0.2) is 9.37 Å². The maximum absolute atomic E-state index is 14.4. The molecule has 2 aromatic rings. The van der Waals surface area contributed by atoms with Crippen molar-refractivity contribution in [1.29, 1.82) is 0 Å². The molecule has 7 nitrogen and oxygen atoms in total. The minimum Gasteiger partial charge on any atom is -0.389 e. The molecular weight excluding hydrogens is 616 g/mol. The molecule has 1 aromatic carbocycles. The van der Waals surface area contributed by atoms with Gasteiger partial charge in [-0.3, -0.25) is 9.59 Å². The summed E-state index contributed by atoms with van der Waals surface area (Å²) >= 11 is 12.6. The molecule has 222 valence electrons. The summed E-state index contributed by atoms with van der Waals surface area (Å²) in [6, 6.07) is 1.12. The maximum Gasteiger partial charge on any atom is 0.419 e. The predicted molar refractivity (Wildman–Crippen MR) is 134 cm³/mol. The van der Waals surface area contributed by atoms with E-state index in [1.807, 2.05) is 0 Å². The van der Waals surface area contributed by atoms with Crippen LogP contribution in [0.5, 0.6) is 0 Å². The van der Waals surface area contributed by atoms with Gasteiger partial charge >= 0.3 is 12.4 Å². The molecular formula is C23H23Cl2F7N4O3S. The lowest BCUT2D eigenvalue weighted by atomic mass is 9.88. The van der Waals surface area contributed by atoms with Gasteiger partial charge in [0.05, 0.1) is 27.1 Å². The number of hydrogen-bond donors (Lipinski definition) is 3. The molecule has 1 atom stereocenters. The summed E-state index contributed by atoms with van der Waals surface area (Å²) in [6.45, 7) is 3.49. The zero-order valence-corrected chi connectivity index (χ0v) is 23.4. The van der Waals surface area contributed by atoms with Gasteiger partial charge in [0.25, 0.3) is 11.8 Å². The Hall–Kier alpha value is -2.20. The highest BCUT2D eigenvalue weighted by atomic mass is 35.5. The van der Waals surface area contributed by atoms with Crippen molar-refractivity contribution in [1.82, 2.24) is 15.2 Å². The van der Waals surface area contributed by atoms with Gasteiger partial charge in [0.15, 0.2) is 5.01 Å². The molecule has 1 saturated heterocycles. The second-order valence-electron chi connectivity index (χ2n) is 10.2. The predicted octanol–water partition coefficient (Wildman–Crippen LogP) is 5.47. The van der Waals surface area contributed by atoms with E-state index in [4.69, 9.17) is 28.9 Å². The summed E-state index contributed by atoms with van der Waals surface area (Å²) in [7, 11) is 0. The first-order valence-electron chi connectivity index (χ1n) is 11.4. The van der Waals surface area contributed by atoms with Crippen LogP contribution in [0.4, 0.5) is 30.7 Å². The van der Waals surface area contributed by atoms with Gasteiger partial charge < -0.3 is 21.1 Å². The van der Waals surface area contributed by atoms with Gasteiger partial charge in [-0.15, -0.1) is 11.3 Å². The van der Waals surface area contributed by atoms with Crippen molar-refractivity contribution < 1.29 is 45.4 Å². The molecule has 0 spiro atoms. The van der Waals surface area contributed by atoms with Crippen LogP contribution >= 0.6 is 34.5 Å². The van der Waals surface area contributed by atoms with E-state index in [-0.39, 0.29) is 41.5 Å². The minimum atomic E-state index is -6.02. The summed E-state index contributed by atoms with van der Waals surface area (Å²) in [4.78, 5) is 30.9. The van der Waals surface area contributed by atoms with Crippen LogP contribution in [0.3, 0.4) is 0 Å². The summed E-state index contributed by atoms with van der Waals surface area (Å²) in [5.74, 6) is -1.71. The summed E-state index contributed by atoms with van der Waals surface area (Å²) in [6.07, 6.45) is -12.1. The average molecular weight is 639 g/mol. The van der Waals surface area contributed by atoms with Crippen molar-refractivity contribution in [2.45, 2.75) is 56.4 Å². The largest absolute Gasteiger partial charge is 0.419 e. The summed E-state index contributed by atoms with van der Waals surface area (Å²) in [5.41, 5.74) is -5.42. The van der Waals surface area contributed by atoms with Crippen LogP contribution < -0.4 is 11.1 Å². The van der Waals surface area contributed by atoms with Crippen molar-refractivity contribution in [3.05, 3.63) is 38.4 Å². The van der Waals surface area contributed by atoms with Crippen LogP contribution in [0, 0.1) is 0 Å². The number of benzene rings is 1. The molecule has 0 radical (unpaired) electrons. The molecule has 3 rings (SSSR count). The fraction of sp³-hybridized carbons (Fsp3) is 0.522. The van der Waals surface area contributed by atoms with E-state index >= 15 is 0 Å². The number of nitrogens with zero attached hydrogens (tertiary/aromatic N) is 2.